The van der Waals surface area contributed by atoms with Crippen LogP contribution < -0.4 is 4.74 Å². The number of aromatic hydroxyl groups is 1. The monoisotopic (exact) mass is 498 g/mol. The zero-order valence-corrected chi connectivity index (χ0v) is 18.9. The van der Waals surface area contributed by atoms with Crippen LogP contribution in [0.3, 0.4) is 0 Å². The minimum Gasteiger partial charge on any atom is -0.504 e. The molecule has 0 spiro atoms. The van der Waals surface area contributed by atoms with E-state index in [-0.39, 0.29) is 11.9 Å². The molecule has 152 valence electrons. The van der Waals surface area contributed by atoms with Crippen LogP contribution in [0.1, 0.15) is 31.7 Å². The highest BCUT2D eigenvalue weighted by Crippen LogP contribution is 2.34. The lowest BCUT2D eigenvalue weighted by molar-refractivity contribution is 0.176. The molecule has 7 heteroatoms. The Balaban J connectivity index is 2.15. The van der Waals surface area contributed by atoms with E-state index in [1.165, 1.54) is 5.57 Å². The van der Waals surface area contributed by atoms with Crippen molar-refractivity contribution in [1.29, 1.82) is 0 Å². The third-order valence-corrected chi connectivity index (χ3v) is 5.58. The Morgan fingerprint density at radius 3 is 2.82 bits per heavy atom. The van der Waals surface area contributed by atoms with E-state index in [2.05, 4.69) is 42.2 Å². The van der Waals surface area contributed by atoms with Crippen molar-refractivity contribution >= 4 is 35.8 Å². The van der Waals surface area contributed by atoms with Crippen LogP contribution in [0.2, 0.25) is 6.32 Å². The molecule has 1 aromatic carbocycles. The van der Waals surface area contributed by atoms with Crippen molar-refractivity contribution < 1.29 is 24.3 Å². The van der Waals surface area contributed by atoms with E-state index < -0.39 is 7.12 Å². The van der Waals surface area contributed by atoms with Gasteiger partial charge in [-0.3, -0.25) is 0 Å². The van der Waals surface area contributed by atoms with Crippen molar-refractivity contribution in [1.82, 2.24) is 0 Å². The summed E-state index contributed by atoms with van der Waals surface area (Å²) in [5.41, 5.74) is 4.15. The number of rotatable bonds is 9. The van der Waals surface area contributed by atoms with Gasteiger partial charge in [-0.2, -0.15) is 0 Å². The molecule has 28 heavy (non-hydrogen) atoms. The maximum absolute atomic E-state index is 10.0. The van der Waals surface area contributed by atoms with Gasteiger partial charge in [0.05, 0.1) is 23.4 Å². The summed E-state index contributed by atoms with van der Waals surface area (Å²) in [7, 11) is 2.41. The molecule has 0 aromatic heterocycles. The van der Waals surface area contributed by atoms with E-state index >= 15 is 0 Å². The summed E-state index contributed by atoms with van der Waals surface area (Å²) in [6, 6.07) is 3.76. The summed E-state index contributed by atoms with van der Waals surface area (Å²) in [6.45, 7) is 6.65. The molecule has 0 saturated carbocycles. The standard InChI is InChI=1S/C21H28BIO5/c1-5-15(10-16-11-18(23)21(24)20(12-16)27-4)6-7-19-17(14(2)13-26-3)8-9-22(25)28-19/h8,10-12,19,24-25H,2,5-7,9,13H2,1,3-4H3/b15-10+. The summed E-state index contributed by atoms with van der Waals surface area (Å²) >= 11 is 2.10. The number of halogens is 1. The van der Waals surface area contributed by atoms with Gasteiger partial charge in [0, 0.05) is 13.4 Å². The van der Waals surface area contributed by atoms with Crippen molar-refractivity contribution in [3.05, 3.63) is 50.6 Å². The first-order valence-electron chi connectivity index (χ1n) is 9.36. The highest BCUT2D eigenvalue weighted by molar-refractivity contribution is 14.1. The number of allylic oxidation sites excluding steroid dienone is 2. The molecule has 1 aromatic rings. The van der Waals surface area contributed by atoms with Crippen LogP contribution in [-0.2, 0) is 9.39 Å². The van der Waals surface area contributed by atoms with Crippen molar-refractivity contribution in [2.24, 2.45) is 0 Å². The fourth-order valence-corrected chi connectivity index (χ4v) is 3.89. The van der Waals surface area contributed by atoms with E-state index in [4.69, 9.17) is 14.1 Å². The van der Waals surface area contributed by atoms with Gasteiger partial charge < -0.3 is 24.3 Å². The largest absolute Gasteiger partial charge is 0.504 e. The quantitative estimate of drug-likeness (QED) is 0.386. The van der Waals surface area contributed by atoms with Crippen molar-refractivity contribution in [2.75, 3.05) is 20.8 Å². The normalized spacial score (nSPS) is 17.5. The van der Waals surface area contributed by atoms with Gasteiger partial charge in [0.1, 0.15) is 0 Å². The van der Waals surface area contributed by atoms with Gasteiger partial charge in [-0.05, 0) is 70.7 Å². The smallest absolute Gasteiger partial charge is 0.458 e. The molecule has 5 nitrogen and oxygen atoms in total. The Labute approximate surface area is 181 Å². The molecule has 2 rings (SSSR count). The molecule has 0 fully saturated rings. The summed E-state index contributed by atoms with van der Waals surface area (Å²) in [6.07, 6.45) is 6.86. The SMILES string of the molecule is C=C(COC)C1=CCB(O)OC1CC/C(=C/c1cc(I)c(O)c(OC)c1)CC. The molecule has 0 saturated heterocycles. The first-order chi connectivity index (χ1) is 13.4. The number of hydrogen-bond donors (Lipinski definition) is 2. The number of ether oxygens (including phenoxy) is 2. The number of phenolic OH excluding ortho intramolecular Hbond substituents is 1. The first kappa shape index (κ1) is 23.0. The zero-order valence-electron chi connectivity index (χ0n) is 16.7. The van der Waals surface area contributed by atoms with Gasteiger partial charge in [-0.15, -0.1) is 0 Å². The summed E-state index contributed by atoms with van der Waals surface area (Å²) in [5, 5.41) is 19.9. The van der Waals surface area contributed by atoms with Crippen molar-refractivity contribution in [3.8, 4) is 11.5 Å². The molecular weight excluding hydrogens is 470 g/mol. The molecule has 1 heterocycles. The molecular formula is C21H28BIO5. The predicted octanol–water partition coefficient (Wildman–Crippen LogP) is 4.59. The average Bonchev–Trinajstić information content (AvgIpc) is 2.67. The topological polar surface area (TPSA) is 68.2 Å². The Bertz CT molecular complexity index is 759. The summed E-state index contributed by atoms with van der Waals surface area (Å²) in [4.78, 5) is 0. The van der Waals surface area contributed by atoms with Crippen LogP contribution in [0.15, 0.2) is 41.5 Å². The highest BCUT2D eigenvalue weighted by atomic mass is 127. The Morgan fingerprint density at radius 1 is 1.43 bits per heavy atom. The maximum atomic E-state index is 10.0. The van der Waals surface area contributed by atoms with Gasteiger partial charge in [0.25, 0.3) is 0 Å². The molecule has 0 radical (unpaired) electrons. The minimum atomic E-state index is -0.777. The van der Waals surface area contributed by atoms with Crippen molar-refractivity contribution in [2.45, 2.75) is 38.6 Å². The second kappa shape index (κ2) is 11.0. The second-order valence-electron chi connectivity index (χ2n) is 6.76. The third-order valence-electron chi connectivity index (χ3n) is 4.76. The molecule has 0 aliphatic carbocycles. The first-order valence-corrected chi connectivity index (χ1v) is 10.4. The number of hydrogen-bond acceptors (Lipinski definition) is 5. The molecule has 0 bridgehead atoms. The molecule has 1 unspecified atom stereocenters. The molecule has 0 amide bonds. The van der Waals surface area contributed by atoms with E-state index in [1.807, 2.05) is 18.2 Å². The zero-order chi connectivity index (χ0) is 20.7. The number of methoxy groups -OCH3 is 2. The molecule has 1 aliphatic rings. The molecule has 1 atom stereocenters. The van der Waals surface area contributed by atoms with E-state index in [0.717, 1.165) is 39.5 Å². The van der Waals surface area contributed by atoms with Crippen LogP contribution >= 0.6 is 22.6 Å². The number of benzene rings is 1. The van der Waals surface area contributed by atoms with Crippen LogP contribution in [0.5, 0.6) is 11.5 Å². The predicted molar refractivity (Wildman–Crippen MR) is 122 cm³/mol. The molecule has 2 N–H and O–H groups in total. The van der Waals surface area contributed by atoms with Crippen molar-refractivity contribution in [3.63, 3.8) is 0 Å². The van der Waals surface area contributed by atoms with E-state index in [1.54, 1.807) is 14.2 Å². The Hall–Kier alpha value is -1.29. The lowest BCUT2D eigenvalue weighted by Gasteiger charge is -2.28. The van der Waals surface area contributed by atoms with Crippen LogP contribution in [0.4, 0.5) is 0 Å². The Kier molecular flexibility index (Phi) is 9.07. The van der Waals surface area contributed by atoms with Gasteiger partial charge in [0.2, 0.25) is 0 Å². The van der Waals surface area contributed by atoms with Gasteiger partial charge >= 0.3 is 7.12 Å². The number of phenols is 1. The maximum Gasteiger partial charge on any atom is 0.458 e. The lowest BCUT2D eigenvalue weighted by Crippen LogP contribution is -2.32. The summed E-state index contributed by atoms with van der Waals surface area (Å²) < 4.78 is 17.0. The van der Waals surface area contributed by atoms with E-state index in [0.29, 0.717) is 18.7 Å². The lowest BCUT2D eigenvalue weighted by atomic mass is 9.78. The average molecular weight is 498 g/mol. The van der Waals surface area contributed by atoms with Crippen LogP contribution in [-0.4, -0.2) is 44.2 Å². The fourth-order valence-electron chi connectivity index (χ4n) is 3.27. The van der Waals surface area contributed by atoms with Gasteiger partial charge in [-0.1, -0.05) is 31.2 Å². The molecule has 1 aliphatic heterocycles. The second-order valence-corrected chi connectivity index (χ2v) is 7.92. The van der Waals surface area contributed by atoms with Gasteiger partial charge in [0.15, 0.2) is 11.5 Å². The third kappa shape index (κ3) is 6.11. The summed E-state index contributed by atoms with van der Waals surface area (Å²) in [5.74, 6) is 0.628. The Morgan fingerprint density at radius 2 is 2.18 bits per heavy atom. The highest BCUT2D eigenvalue weighted by Gasteiger charge is 2.28. The van der Waals surface area contributed by atoms with Gasteiger partial charge in [-0.25, -0.2) is 0 Å². The minimum absolute atomic E-state index is 0.161. The fraction of sp³-hybridized carbons (Fsp3) is 0.429. The van der Waals surface area contributed by atoms with E-state index in [9.17, 15) is 10.1 Å². The van der Waals surface area contributed by atoms with Crippen LogP contribution in [0, 0.1) is 3.57 Å². The van der Waals surface area contributed by atoms with Crippen LogP contribution in [0.25, 0.3) is 6.08 Å².